The average Bonchev–Trinajstić information content (AvgIpc) is 2.25. The van der Waals surface area contributed by atoms with E-state index in [1.54, 1.807) is 6.20 Å². The number of nitrogens with one attached hydrogen (secondary N) is 1. The van der Waals surface area contributed by atoms with Gasteiger partial charge in [0, 0.05) is 25.4 Å². The van der Waals surface area contributed by atoms with Gasteiger partial charge >= 0.3 is 0 Å². The fraction of sp³-hybridized carbons (Fsp3) is 0.300. The summed E-state index contributed by atoms with van der Waals surface area (Å²) in [6.45, 7) is 0.706. The van der Waals surface area contributed by atoms with E-state index in [-0.39, 0.29) is 0 Å². The first-order valence-corrected chi connectivity index (χ1v) is 4.27. The molecule has 1 rings (SSSR count). The Kier molecular flexibility index (Phi) is 3.97. The van der Waals surface area contributed by atoms with Crippen molar-refractivity contribution in [3.8, 4) is 18.4 Å². The van der Waals surface area contributed by atoms with E-state index < -0.39 is 0 Å². The van der Waals surface area contributed by atoms with Gasteiger partial charge in [-0.3, -0.25) is 0 Å². The van der Waals surface area contributed by atoms with Crippen LogP contribution in [0.4, 0.5) is 5.82 Å². The van der Waals surface area contributed by atoms with E-state index in [0.717, 1.165) is 12.8 Å². The predicted molar refractivity (Wildman–Crippen MR) is 53.3 cm³/mol. The molecule has 14 heavy (non-hydrogen) atoms. The Morgan fingerprint density at radius 1 is 1.43 bits per heavy atom. The molecule has 0 unspecified atom stereocenters. The number of rotatable bonds is 4. The number of anilines is 1. The molecule has 1 N–H and O–H groups in total. The fourth-order valence-corrected chi connectivity index (χ4v) is 0.946. The van der Waals surface area contributed by atoms with Crippen LogP contribution in [0.5, 0.6) is 0 Å². The zero-order chi connectivity index (χ0) is 10.2. The molecule has 0 amide bonds. The first-order chi connectivity index (χ1) is 6.88. The lowest BCUT2D eigenvalue weighted by Crippen LogP contribution is -2.05. The van der Waals surface area contributed by atoms with E-state index in [1.165, 1.54) is 6.20 Å². The molecule has 1 aromatic heterocycles. The maximum atomic E-state index is 8.70. The molecule has 0 radical (unpaired) electrons. The van der Waals surface area contributed by atoms with E-state index >= 15 is 0 Å². The summed E-state index contributed by atoms with van der Waals surface area (Å²) in [7, 11) is 0. The van der Waals surface area contributed by atoms with Crippen molar-refractivity contribution >= 4 is 5.82 Å². The van der Waals surface area contributed by atoms with Crippen molar-refractivity contribution in [3.63, 3.8) is 0 Å². The van der Waals surface area contributed by atoms with Crippen molar-refractivity contribution < 1.29 is 0 Å². The molecular weight excluding hydrogens is 176 g/mol. The maximum Gasteiger partial charge on any atom is 0.182 e. The van der Waals surface area contributed by atoms with Gasteiger partial charge in [-0.15, -0.1) is 12.3 Å². The Morgan fingerprint density at radius 2 is 2.21 bits per heavy atom. The fourth-order valence-electron chi connectivity index (χ4n) is 0.946. The van der Waals surface area contributed by atoms with Gasteiger partial charge < -0.3 is 5.32 Å². The minimum absolute atomic E-state index is 0.313. The summed E-state index contributed by atoms with van der Waals surface area (Å²) in [4.78, 5) is 7.87. The third-order valence-electron chi connectivity index (χ3n) is 1.59. The van der Waals surface area contributed by atoms with Gasteiger partial charge in [0.15, 0.2) is 11.5 Å². The second kappa shape index (κ2) is 5.55. The molecule has 70 valence electrons. The summed E-state index contributed by atoms with van der Waals surface area (Å²) >= 11 is 0. The number of unbranched alkanes of at least 4 members (excludes halogenated alkanes) is 1. The van der Waals surface area contributed by atoms with E-state index in [0.29, 0.717) is 18.1 Å². The average molecular weight is 186 g/mol. The third-order valence-corrected chi connectivity index (χ3v) is 1.59. The smallest absolute Gasteiger partial charge is 0.182 e. The molecule has 0 bridgehead atoms. The van der Waals surface area contributed by atoms with Gasteiger partial charge in [0.05, 0.1) is 0 Å². The first kappa shape index (κ1) is 10.0. The largest absolute Gasteiger partial charge is 0.368 e. The first-order valence-electron chi connectivity index (χ1n) is 4.27. The molecule has 0 saturated heterocycles. The second-order valence-corrected chi connectivity index (χ2v) is 2.60. The van der Waals surface area contributed by atoms with Crippen LogP contribution in [0.15, 0.2) is 12.4 Å². The van der Waals surface area contributed by atoms with Gasteiger partial charge in [0.2, 0.25) is 0 Å². The van der Waals surface area contributed by atoms with Crippen LogP contribution in [0, 0.1) is 23.7 Å². The van der Waals surface area contributed by atoms with Gasteiger partial charge in [-0.05, 0) is 6.42 Å². The molecule has 0 fully saturated rings. The molecule has 0 aliphatic carbocycles. The number of terminal acetylenes is 1. The van der Waals surface area contributed by atoms with E-state index in [4.69, 9.17) is 11.7 Å². The van der Waals surface area contributed by atoms with Crippen molar-refractivity contribution in [1.29, 1.82) is 5.26 Å². The third kappa shape index (κ3) is 2.76. The Morgan fingerprint density at radius 3 is 2.93 bits per heavy atom. The van der Waals surface area contributed by atoms with Crippen molar-refractivity contribution in [2.24, 2.45) is 0 Å². The van der Waals surface area contributed by atoms with Crippen molar-refractivity contribution in [3.05, 3.63) is 18.1 Å². The predicted octanol–water partition coefficient (Wildman–Crippen LogP) is 1.17. The minimum atomic E-state index is 0.313. The normalized spacial score (nSPS) is 8.71. The molecule has 0 saturated carbocycles. The zero-order valence-corrected chi connectivity index (χ0v) is 7.70. The maximum absolute atomic E-state index is 8.70. The molecule has 4 heteroatoms. The quantitative estimate of drug-likeness (QED) is 0.566. The molecule has 0 aromatic carbocycles. The van der Waals surface area contributed by atoms with Crippen molar-refractivity contribution in [2.75, 3.05) is 11.9 Å². The van der Waals surface area contributed by atoms with E-state index in [2.05, 4.69) is 21.2 Å². The Bertz CT molecular complexity index is 372. The summed E-state index contributed by atoms with van der Waals surface area (Å²) in [5.41, 5.74) is 0.313. The van der Waals surface area contributed by atoms with Crippen LogP contribution in [-0.4, -0.2) is 16.5 Å². The molecular formula is C10H10N4. The van der Waals surface area contributed by atoms with Crippen LogP contribution in [-0.2, 0) is 0 Å². The second-order valence-electron chi connectivity index (χ2n) is 2.60. The molecule has 4 nitrogen and oxygen atoms in total. The summed E-state index contributed by atoms with van der Waals surface area (Å²) in [5, 5.41) is 11.7. The number of nitriles is 1. The van der Waals surface area contributed by atoms with Crippen molar-refractivity contribution in [2.45, 2.75) is 12.8 Å². The van der Waals surface area contributed by atoms with E-state index in [9.17, 15) is 0 Å². The summed E-state index contributed by atoms with van der Waals surface area (Å²) in [6, 6.07) is 1.96. The Balaban J connectivity index is 2.51. The van der Waals surface area contributed by atoms with Gasteiger partial charge in [0.25, 0.3) is 0 Å². The molecule has 0 spiro atoms. The van der Waals surface area contributed by atoms with Crippen LogP contribution in [0.25, 0.3) is 0 Å². The number of aromatic nitrogens is 2. The Labute approximate surface area is 83.0 Å². The SMILES string of the molecule is C#CCCCNc1nccnc1C#N. The molecule has 0 aliphatic heterocycles. The molecule has 1 aromatic rings. The lowest BCUT2D eigenvalue weighted by atomic mass is 10.3. The van der Waals surface area contributed by atoms with Crippen LogP contribution in [0.1, 0.15) is 18.5 Å². The van der Waals surface area contributed by atoms with Gasteiger partial charge in [-0.2, -0.15) is 5.26 Å². The van der Waals surface area contributed by atoms with Gasteiger partial charge in [0.1, 0.15) is 6.07 Å². The highest BCUT2D eigenvalue weighted by Gasteiger charge is 2.01. The monoisotopic (exact) mass is 186 g/mol. The standard InChI is InChI=1S/C10H10N4/c1-2-3-4-5-13-10-9(8-11)12-6-7-14-10/h1,6-7H,3-5H2,(H,13,14). The minimum Gasteiger partial charge on any atom is -0.368 e. The van der Waals surface area contributed by atoms with Crippen LogP contribution >= 0.6 is 0 Å². The van der Waals surface area contributed by atoms with Crippen LogP contribution < -0.4 is 5.32 Å². The summed E-state index contributed by atoms with van der Waals surface area (Å²) < 4.78 is 0. The highest BCUT2D eigenvalue weighted by Crippen LogP contribution is 2.05. The van der Waals surface area contributed by atoms with Gasteiger partial charge in [-0.1, -0.05) is 0 Å². The van der Waals surface area contributed by atoms with E-state index in [1.807, 2.05) is 6.07 Å². The molecule has 1 heterocycles. The molecule has 0 atom stereocenters. The van der Waals surface area contributed by atoms with Crippen molar-refractivity contribution in [1.82, 2.24) is 9.97 Å². The lowest BCUT2D eigenvalue weighted by molar-refractivity contribution is 0.898. The lowest BCUT2D eigenvalue weighted by Gasteiger charge is -2.03. The number of hydrogen-bond donors (Lipinski definition) is 1. The highest BCUT2D eigenvalue weighted by molar-refractivity contribution is 5.46. The Hall–Kier alpha value is -2.07. The number of nitrogens with zero attached hydrogens (tertiary/aromatic N) is 3. The molecule has 0 aliphatic rings. The zero-order valence-electron chi connectivity index (χ0n) is 7.70. The topological polar surface area (TPSA) is 61.6 Å². The van der Waals surface area contributed by atoms with Crippen LogP contribution in [0.2, 0.25) is 0 Å². The summed E-state index contributed by atoms with van der Waals surface area (Å²) in [6.07, 6.45) is 9.72. The van der Waals surface area contributed by atoms with Gasteiger partial charge in [-0.25, -0.2) is 9.97 Å². The van der Waals surface area contributed by atoms with Crippen LogP contribution in [0.3, 0.4) is 0 Å². The highest BCUT2D eigenvalue weighted by atomic mass is 15.0. The summed E-state index contributed by atoms with van der Waals surface area (Å²) in [5.74, 6) is 3.06. The number of hydrogen-bond acceptors (Lipinski definition) is 4.